The zero-order valence-electron chi connectivity index (χ0n) is 13.6. The number of rotatable bonds is 3. The Morgan fingerprint density at radius 3 is 2.71 bits per heavy atom. The predicted octanol–water partition coefficient (Wildman–Crippen LogP) is 3.58. The van der Waals surface area contributed by atoms with Crippen LogP contribution in [0.3, 0.4) is 0 Å². The van der Waals surface area contributed by atoms with Gasteiger partial charge in [0.2, 0.25) is 0 Å². The van der Waals surface area contributed by atoms with Crippen LogP contribution in [0, 0.1) is 26.6 Å². The molecule has 3 rings (SSSR count). The molecule has 0 atom stereocenters. The predicted molar refractivity (Wildman–Crippen MR) is 94.2 cm³/mol. The van der Waals surface area contributed by atoms with E-state index in [4.69, 9.17) is 0 Å². The fourth-order valence-corrected chi connectivity index (χ4v) is 3.87. The summed E-state index contributed by atoms with van der Waals surface area (Å²) in [7, 11) is 0. The molecule has 1 aromatic carbocycles. The summed E-state index contributed by atoms with van der Waals surface area (Å²) in [6.07, 6.45) is 0. The first-order valence-electron chi connectivity index (χ1n) is 7.53. The molecule has 0 radical (unpaired) electrons. The molecule has 0 bridgehead atoms. The van der Waals surface area contributed by atoms with Crippen LogP contribution in [0.2, 0.25) is 0 Å². The van der Waals surface area contributed by atoms with E-state index in [1.807, 2.05) is 19.9 Å². The molecular weight excluding hydrogens is 327 g/mol. The van der Waals surface area contributed by atoms with E-state index in [0.717, 1.165) is 26.9 Å². The number of pyridine rings is 1. The van der Waals surface area contributed by atoms with E-state index in [1.165, 1.54) is 23.5 Å². The number of hydrogen-bond acceptors (Lipinski definition) is 3. The Balaban J connectivity index is 1.86. The Kier molecular flexibility index (Phi) is 4.24. The molecule has 0 unspecified atom stereocenters. The molecule has 0 fully saturated rings. The van der Waals surface area contributed by atoms with Crippen molar-refractivity contribution in [2.45, 2.75) is 27.3 Å². The van der Waals surface area contributed by atoms with Gasteiger partial charge < -0.3 is 10.3 Å². The monoisotopic (exact) mass is 344 g/mol. The molecular formula is C18H17FN2O2S. The number of H-pyrrole nitrogens is 1. The highest BCUT2D eigenvalue weighted by molar-refractivity contribution is 7.21. The standard InChI is InChI=1S/C18H17FN2O2S/c1-9-6-10(2)21-17(22)14(9)8-20-18(23)16-11(3)13-7-12(19)4-5-15(13)24-16/h4-7H,8H2,1-3H3,(H,20,23)(H,21,22). The molecule has 0 spiro atoms. The van der Waals surface area contributed by atoms with Gasteiger partial charge in [-0.2, -0.15) is 0 Å². The number of benzene rings is 1. The van der Waals surface area contributed by atoms with Gasteiger partial charge >= 0.3 is 0 Å². The van der Waals surface area contributed by atoms with Crippen molar-refractivity contribution in [1.29, 1.82) is 0 Å². The average molecular weight is 344 g/mol. The smallest absolute Gasteiger partial charge is 0.261 e. The average Bonchev–Trinajstić information content (AvgIpc) is 2.83. The molecule has 0 aliphatic carbocycles. The summed E-state index contributed by atoms with van der Waals surface area (Å²) < 4.78 is 14.2. The molecule has 1 amide bonds. The lowest BCUT2D eigenvalue weighted by Gasteiger charge is -2.08. The number of carbonyl (C=O) groups is 1. The van der Waals surface area contributed by atoms with Crippen molar-refractivity contribution in [2.75, 3.05) is 0 Å². The lowest BCUT2D eigenvalue weighted by Crippen LogP contribution is -2.27. The van der Waals surface area contributed by atoms with Crippen molar-refractivity contribution >= 4 is 27.3 Å². The van der Waals surface area contributed by atoms with E-state index in [1.54, 1.807) is 13.0 Å². The fraction of sp³-hybridized carbons (Fsp3) is 0.222. The summed E-state index contributed by atoms with van der Waals surface area (Å²) in [4.78, 5) is 27.8. The van der Waals surface area contributed by atoms with Gasteiger partial charge in [0, 0.05) is 22.5 Å². The summed E-state index contributed by atoms with van der Waals surface area (Å²) in [5.74, 6) is -0.578. The van der Waals surface area contributed by atoms with Crippen LogP contribution in [0.1, 0.15) is 32.1 Å². The van der Waals surface area contributed by atoms with E-state index in [9.17, 15) is 14.0 Å². The minimum Gasteiger partial charge on any atom is -0.347 e. The molecule has 24 heavy (non-hydrogen) atoms. The molecule has 4 nitrogen and oxygen atoms in total. The van der Waals surface area contributed by atoms with Crippen molar-refractivity contribution in [3.63, 3.8) is 0 Å². The molecule has 2 heterocycles. The Labute approximate surface area is 142 Å². The summed E-state index contributed by atoms with van der Waals surface area (Å²) >= 11 is 1.32. The topological polar surface area (TPSA) is 62.0 Å². The second-order valence-corrected chi connectivity index (χ2v) is 6.87. The highest BCUT2D eigenvalue weighted by Gasteiger charge is 2.16. The second-order valence-electron chi connectivity index (χ2n) is 5.82. The van der Waals surface area contributed by atoms with Gasteiger partial charge in [0.15, 0.2) is 0 Å². The number of fused-ring (bicyclic) bond motifs is 1. The SMILES string of the molecule is Cc1cc(C)c(CNC(=O)c2sc3ccc(F)cc3c2C)c(=O)[nH]1. The van der Waals surface area contributed by atoms with E-state index in [2.05, 4.69) is 10.3 Å². The Bertz CT molecular complexity index is 1000. The van der Waals surface area contributed by atoms with Crippen molar-refractivity contribution in [1.82, 2.24) is 10.3 Å². The number of halogens is 1. The maximum Gasteiger partial charge on any atom is 0.261 e. The Morgan fingerprint density at radius 1 is 1.25 bits per heavy atom. The highest BCUT2D eigenvalue weighted by Crippen LogP contribution is 2.31. The molecule has 0 aliphatic heterocycles. The van der Waals surface area contributed by atoms with Crippen molar-refractivity contribution in [3.8, 4) is 0 Å². The van der Waals surface area contributed by atoms with Crippen LogP contribution in [0.4, 0.5) is 4.39 Å². The van der Waals surface area contributed by atoms with Crippen LogP contribution in [0.15, 0.2) is 29.1 Å². The Hall–Kier alpha value is -2.47. The van der Waals surface area contributed by atoms with Crippen LogP contribution in [-0.2, 0) is 6.54 Å². The van der Waals surface area contributed by atoms with E-state index < -0.39 is 0 Å². The Morgan fingerprint density at radius 2 is 2.00 bits per heavy atom. The summed E-state index contributed by atoms with van der Waals surface area (Å²) in [6.45, 7) is 5.62. The quantitative estimate of drug-likeness (QED) is 0.763. The zero-order valence-corrected chi connectivity index (χ0v) is 14.4. The fourth-order valence-electron chi connectivity index (χ4n) is 2.76. The second kappa shape index (κ2) is 6.20. The molecule has 0 saturated heterocycles. The maximum atomic E-state index is 13.4. The minimum atomic E-state index is -0.322. The molecule has 2 N–H and O–H groups in total. The van der Waals surface area contributed by atoms with E-state index in [0.29, 0.717) is 10.4 Å². The van der Waals surface area contributed by atoms with Gasteiger partial charge in [0.25, 0.3) is 11.5 Å². The van der Waals surface area contributed by atoms with Crippen LogP contribution in [0.5, 0.6) is 0 Å². The summed E-state index contributed by atoms with van der Waals surface area (Å²) in [5, 5.41) is 3.54. The third-order valence-corrected chi connectivity index (χ3v) is 5.30. The first kappa shape index (κ1) is 16.4. The molecule has 2 aromatic heterocycles. The van der Waals surface area contributed by atoms with Crippen molar-refractivity contribution < 1.29 is 9.18 Å². The number of amides is 1. The van der Waals surface area contributed by atoms with Gasteiger partial charge in [-0.1, -0.05) is 0 Å². The molecule has 0 saturated carbocycles. The molecule has 0 aliphatic rings. The number of hydrogen-bond donors (Lipinski definition) is 2. The van der Waals surface area contributed by atoms with Gasteiger partial charge in [-0.25, -0.2) is 4.39 Å². The zero-order chi connectivity index (χ0) is 17.4. The normalized spacial score (nSPS) is 11.0. The van der Waals surface area contributed by atoms with E-state index >= 15 is 0 Å². The maximum absolute atomic E-state index is 13.4. The van der Waals surface area contributed by atoms with Crippen LogP contribution < -0.4 is 10.9 Å². The minimum absolute atomic E-state index is 0.155. The van der Waals surface area contributed by atoms with Crippen molar-refractivity contribution in [2.24, 2.45) is 0 Å². The number of aromatic nitrogens is 1. The van der Waals surface area contributed by atoms with Gasteiger partial charge in [-0.3, -0.25) is 9.59 Å². The third kappa shape index (κ3) is 2.97. The van der Waals surface area contributed by atoms with Crippen LogP contribution in [0.25, 0.3) is 10.1 Å². The number of aromatic amines is 1. The first-order chi connectivity index (χ1) is 11.4. The lowest BCUT2D eigenvalue weighted by atomic mass is 10.1. The number of aryl methyl sites for hydroxylation is 3. The van der Waals surface area contributed by atoms with Gasteiger partial charge in [0.05, 0.1) is 4.88 Å². The number of carbonyl (C=O) groups excluding carboxylic acids is 1. The number of nitrogens with one attached hydrogen (secondary N) is 2. The van der Waals surface area contributed by atoms with Crippen molar-refractivity contribution in [3.05, 3.63) is 67.7 Å². The number of thiophene rings is 1. The third-order valence-electron chi connectivity index (χ3n) is 4.02. The largest absolute Gasteiger partial charge is 0.347 e. The summed E-state index contributed by atoms with van der Waals surface area (Å²) in [5.41, 5.74) is 2.73. The van der Waals surface area contributed by atoms with Crippen LogP contribution >= 0.6 is 11.3 Å². The molecule has 124 valence electrons. The van der Waals surface area contributed by atoms with Gasteiger partial charge in [-0.05, 0) is 61.5 Å². The lowest BCUT2D eigenvalue weighted by molar-refractivity contribution is 0.0954. The van der Waals surface area contributed by atoms with E-state index in [-0.39, 0.29) is 23.8 Å². The summed E-state index contributed by atoms with van der Waals surface area (Å²) in [6, 6.07) is 6.37. The highest BCUT2D eigenvalue weighted by atomic mass is 32.1. The van der Waals surface area contributed by atoms with Crippen LogP contribution in [-0.4, -0.2) is 10.9 Å². The van der Waals surface area contributed by atoms with Gasteiger partial charge in [0.1, 0.15) is 5.82 Å². The molecule has 6 heteroatoms. The van der Waals surface area contributed by atoms with Gasteiger partial charge in [-0.15, -0.1) is 11.3 Å². The first-order valence-corrected chi connectivity index (χ1v) is 8.34. The molecule has 3 aromatic rings.